The summed E-state index contributed by atoms with van der Waals surface area (Å²) in [4.78, 5) is 0. The number of benzene rings is 2. The zero-order valence-electron chi connectivity index (χ0n) is 9.04. The Kier molecular flexibility index (Phi) is 3.25. The minimum Gasteiger partial charge on any atom is -0.0984 e. The monoisotopic (exact) mass is 272 g/mol. The van der Waals surface area contributed by atoms with Crippen molar-refractivity contribution in [3.63, 3.8) is 0 Å². The van der Waals surface area contributed by atoms with Crippen LogP contribution in [0.1, 0.15) is 16.7 Å². The molecule has 0 fully saturated rings. The molecule has 2 aromatic rings. The highest BCUT2D eigenvalue weighted by atomic mass is 79.9. The van der Waals surface area contributed by atoms with Crippen LogP contribution in [0.2, 0.25) is 0 Å². The van der Waals surface area contributed by atoms with E-state index >= 15 is 0 Å². The highest BCUT2D eigenvalue weighted by molar-refractivity contribution is 9.08. The molecule has 0 amide bonds. The van der Waals surface area contributed by atoms with Gasteiger partial charge in [-0.3, -0.25) is 0 Å². The first-order valence-electron chi connectivity index (χ1n) is 5.17. The van der Waals surface area contributed by atoms with E-state index in [1.54, 1.807) is 0 Å². The molecular weight excluding hydrogens is 260 g/mol. The van der Waals surface area contributed by atoms with Crippen molar-refractivity contribution in [1.82, 2.24) is 0 Å². The Labute approximate surface area is 104 Å². The number of halogens is 1. The molecule has 0 heterocycles. The summed E-state index contributed by atoms with van der Waals surface area (Å²) < 4.78 is 0. The van der Waals surface area contributed by atoms with Crippen LogP contribution in [0.15, 0.2) is 43.5 Å². The molecule has 0 aliphatic heterocycles. The molecule has 0 atom stereocenters. The van der Waals surface area contributed by atoms with Crippen molar-refractivity contribution >= 4 is 38.9 Å². The lowest BCUT2D eigenvalue weighted by molar-refractivity contribution is 1.45. The zero-order valence-corrected chi connectivity index (χ0v) is 10.6. The van der Waals surface area contributed by atoms with E-state index in [-0.39, 0.29) is 0 Å². The fourth-order valence-electron chi connectivity index (χ4n) is 2.02. The van der Waals surface area contributed by atoms with Gasteiger partial charge in [-0.1, -0.05) is 65.5 Å². The van der Waals surface area contributed by atoms with Crippen molar-refractivity contribution in [2.75, 3.05) is 0 Å². The molecule has 0 bridgehead atoms. The van der Waals surface area contributed by atoms with Gasteiger partial charge in [0.05, 0.1) is 0 Å². The average molecular weight is 273 g/mol. The Hall–Kier alpha value is -1.34. The van der Waals surface area contributed by atoms with E-state index < -0.39 is 0 Å². The lowest BCUT2D eigenvalue weighted by Crippen LogP contribution is -1.91. The third-order valence-electron chi connectivity index (χ3n) is 2.79. The van der Waals surface area contributed by atoms with Crippen LogP contribution >= 0.6 is 15.9 Å². The molecule has 0 saturated carbocycles. The summed E-state index contributed by atoms with van der Waals surface area (Å²) in [5.41, 5.74) is 3.59. The van der Waals surface area contributed by atoms with E-state index in [2.05, 4.69) is 59.4 Å². The Bertz CT molecular complexity index is 553. The summed E-state index contributed by atoms with van der Waals surface area (Å²) >= 11 is 3.55. The summed E-state index contributed by atoms with van der Waals surface area (Å²) in [6.07, 6.45) is 3.79. The molecule has 2 rings (SSSR count). The SMILES string of the molecule is C=Cc1cc2ccccc2c(CBr)c1C=C. The predicted molar refractivity (Wildman–Crippen MR) is 76.8 cm³/mol. The second kappa shape index (κ2) is 4.67. The molecule has 0 unspecified atom stereocenters. The molecule has 0 saturated heterocycles. The minimum atomic E-state index is 0.830. The van der Waals surface area contributed by atoms with Crippen LogP contribution in [-0.4, -0.2) is 0 Å². The number of rotatable bonds is 3. The lowest BCUT2D eigenvalue weighted by Gasteiger charge is -2.11. The molecule has 80 valence electrons. The van der Waals surface area contributed by atoms with Gasteiger partial charge in [-0.2, -0.15) is 0 Å². The van der Waals surface area contributed by atoms with Crippen molar-refractivity contribution in [2.24, 2.45) is 0 Å². The van der Waals surface area contributed by atoms with E-state index in [1.807, 2.05) is 12.2 Å². The molecule has 16 heavy (non-hydrogen) atoms. The molecular formula is C15H13Br. The summed E-state index contributed by atoms with van der Waals surface area (Å²) in [5, 5.41) is 3.36. The second-order valence-electron chi connectivity index (χ2n) is 3.62. The fraction of sp³-hybridized carbons (Fsp3) is 0.0667. The van der Waals surface area contributed by atoms with Crippen LogP contribution < -0.4 is 0 Å². The van der Waals surface area contributed by atoms with Gasteiger partial charge in [-0.25, -0.2) is 0 Å². The third-order valence-corrected chi connectivity index (χ3v) is 3.35. The minimum absolute atomic E-state index is 0.830. The number of hydrogen-bond acceptors (Lipinski definition) is 0. The van der Waals surface area contributed by atoms with Crippen LogP contribution in [0.4, 0.5) is 0 Å². The first-order valence-corrected chi connectivity index (χ1v) is 6.29. The molecule has 0 radical (unpaired) electrons. The predicted octanol–water partition coefficient (Wildman–Crippen LogP) is 5.02. The number of fused-ring (bicyclic) bond motifs is 1. The molecule has 0 aromatic heterocycles. The van der Waals surface area contributed by atoms with Crippen LogP contribution in [0.25, 0.3) is 22.9 Å². The molecule has 0 aliphatic carbocycles. The normalized spacial score (nSPS) is 10.3. The summed E-state index contributed by atoms with van der Waals surface area (Å²) in [5.74, 6) is 0. The zero-order chi connectivity index (χ0) is 11.5. The highest BCUT2D eigenvalue weighted by Gasteiger charge is 2.07. The summed E-state index contributed by atoms with van der Waals surface area (Å²) in [6, 6.07) is 10.6. The van der Waals surface area contributed by atoms with Crippen molar-refractivity contribution in [3.05, 3.63) is 60.2 Å². The summed E-state index contributed by atoms with van der Waals surface area (Å²) in [6.45, 7) is 7.75. The van der Waals surface area contributed by atoms with Crippen molar-refractivity contribution < 1.29 is 0 Å². The molecule has 0 N–H and O–H groups in total. The van der Waals surface area contributed by atoms with Crippen LogP contribution in [0, 0.1) is 0 Å². The largest absolute Gasteiger partial charge is 0.0984 e. The maximum atomic E-state index is 3.89. The lowest BCUT2D eigenvalue weighted by atomic mass is 9.95. The highest BCUT2D eigenvalue weighted by Crippen LogP contribution is 2.29. The van der Waals surface area contributed by atoms with Gasteiger partial charge in [0.2, 0.25) is 0 Å². The van der Waals surface area contributed by atoms with E-state index in [0.717, 1.165) is 10.9 Å². The molecule has 2 aromatic carbocycles. The third kappa shape index (κ3) is 1.72. The summed E-state index contributed by atoms with van der Waals surface area (Å²) in [7, 11) is 0. The van der Waals surface area contributed by atoms with Gasteiger partial charge in [0, 0.05) is 5.33 Å². The number of hydrogen-bond donors (Lipinski definition) is 0. The standard InChI is InChI=1S/C15H13Br/c1-3-11-9-12-7-5-6-8-14(12)15(10-16)13(11)4-2/h3-9H,1-2,10H2. The van der Waals surface area contributed by atoms with Crippen molar-refractivity contribution in [3.8, 4) is 0 Å². The van der Waals surface area contributed by atoms with E-state index in [9.17, 15) is 0 Å². The Morgan fingerprint density at radius 1 is 1.12 bits per heavy atom. The molecule has 1 heteroatoms. The smallest absolute Gasteiger partial charge is 0.0295 e. The van der Waals surface area contributed by atoms with Crippen LogP contribution in [-0.2, 0) is 5.33 Å². The van der Waals surface area contributed by atoms with Crippen molar-refractivity contribution in [1.29, 1.82) is 0 Å². The Morgan fingerprint density at radius 2 is 1.88 bits per heavy atom. The van der Waals surface area contributed by atoms with Gasteiger partial charge in [-0.05, 0) is 33.5 Å². The first-order chi connectivity index (χ1) is 7.81. The van der Waals surface area contributed by atoms with Gasteiger partial charge in [0.25, 0.3) is 0 Å². The molecule has 0 aliphatic rings. The van der Waals surface area contributed by atoms with Gasteiger partial charge in [0.15, 0.2) is 0 Å². The quantitative estimate of drug-likeness (QED) is 0.689. The van der Waals surface area contributed by atoms with E-state index in [1.165, 1.54) is 21.9 Å². The van der Waals surface area contributed by atoms with Gasteiger partial charge in [-0.15, -0.1) is 0 Å². The Morgan fingerprint density at radius 3 is 2.50 bits per heavy atom. The Balaban J connectivity index is 2.93. The van der Waals surface area contributed by atoms with Gasteiger partial charge in [0.1, 0.15) is 0 Å². The first kappa shape index (κ1) is 11.2. The van der Waals surface area contributed by atoms with Crippen LogP contribution in [0.5, 0.6) is 0 Å². The molecule has 0 nitrogen and oxygen atoms in total. The van der Waals surface area contributed by atoms with Crippen LogP contribution in [0.3, 0.4) is 0 Å². The van der Waals surface area contributed by atoms with Gasteiger partial charge >= 0.3 is 0 Å². The fourth-order valence-corrected chi connectivity index (χ4v) is 2.62. The topological polar surface area (TPSA) is 0 Å². The average Bonchev–Trinajstić information content (AvgIpc) is 2.36. The van der Waals surface area contributed by atoms with Crippen molar-refractivity contribution in [2.45, 2.75) is 5.33 Å². The van der Waals surface area contributed by atoms with E-state index in [4.69, 9.17) is 0 Å². The van der Waals surface area contributed by atoms with E-state index in [0.29, 0.717) is 0 Å². The van der Waals surface area contributed by atoms with Gasteiger partial charge < -0.3 is 0 Å². The number of alkyl halides is 1. The maximum absolute atomic E-state index is 3.89. The maximum Gasteiger partial charge on any atom is 0.0295 e. The molecule has 0 spiro atoms. The second-order valence-corrected chi connectivity index (χ2v) is 4.18.